The van der Waals surface area contributed by atoms with Crippen molar-refractivity contribution in [3.8, 4) is 40.2 Å². The molecule has 8 aromatic rings. The van der Waals surface area contributed by atoms with E-state index in [0.29, 0.717) is 35.4 Å². The van der Waals surface area contributed by atoms with Crippen molar-refractivity contribution in [1.29, 1.82) is 0 Å². The van der Waals surface area contributed by atoms with Gasteiger partial charge in [-0.05, 0) is 232 Å². The zero-order valence-corrected chi connectivity index (χ0v) is 81.7. The quantitative estimate of drug-likeness (QED) is 0.0238. The molecule has 0 saturated carbocycles. The van der Waals surface area contributed by atoms with Gasteiger partial charge in [0, 0.05) is 81.0 Å². The molecule has 649 valence electrons. The van der Waals surface area contributed by atoms with E-state index in [-0.39, 0.29) is 82.2 Å². The number of benzene rings is 8. The minimum atomic E-state index is -4.02. The minimum Gasteiger partial charge on any atom is -1.00 e. The van der Waals surface area contributed by atoms with Crippen molar-refractivity contribution in [2.45, 2.75) is 220 Å². The normalized spacial score (nSPS) is 13.1. The molecule has 0 amide bonds. The number of carbonyl (C=O) groups is 1. The molecule has 4 N–H and O–H groups in total. The molecule has 12 rings (SSSR count). The van der Waals surface area contributed by atoms with Crippen LogP contribution in [0.5, 0.6) is 40.2 Å². The number of carbonyl (C=O) groups excluding carboxylic acids is 1. The molecule has 4 heterocycles. The second-order valence-corrected chi connectivity index (χ2v) is 37.8. The van der Waals surface area contributed by atoms with Gasteiger partial charge in [-0.2, -0.15) is 8.42 Å². The second-order valence-electron chi connectivity index (χ2n) is 30.3. The first-order valence-electron chi connectivity index (χ1n) is 36.3. The largest absolute Gasteiger partial charge is 1.00 e. The number of phenolic OH excluding ortho intramolecular Hbond substituents is 2. The Labute approximate surface area is 778 Å². The van der Waals surface area contributed by atoms with Gasteiger partial charge in [0.15, 0.2) is 10.6 Å². The summed E-state index contributed by atoms with van der Waals surface area (Å²) >= 11 is 35.6. The van der Waals surface area contributed by atoms with Crippen LogP contribution in [0.25, 0.3) is 0 Å². The Morgan fingerprint density at radius 3 is 1.26 bits per heavy atom. The van der Waals surface area contributed by atoms with E-state index in [9.17, 15) is 23.4 Å². The van der Waals surface area contributed by atoms with Crippen LogP contribution in [-0.4, -0.2) is 98.5 Å². The number of methoxy groups -OCH3 is 1. The van der Waals surface area contributed by atoms with Crippen molar-refractivity contribution >= 4 is 137 Å². The molecule has 118 heavy (non-hydrogen) atoms. The fourth-order valence-corrected chi connectivity index (χ4v) is 11.8. The van der Waals surface area contributed by atoms with E-state index in [1.54, 1.807) is 30.3 Å². The van der Waals surface area contributed by atoms with Gasteiger partial charge in [0.2, 0.25) is 14.2 Å². The van der Waals surface area contributed by atoms with E-state index in [4.69, 9.17) is 119 Å². The van der Waals surface area contributed by atoms with E-state index in [1.165, 1.54) is 69.3 Å². The summed E-state index contributed by atoms with van der Waals surface area (Å²) in [6, 6.07) is 45.5. The Bertz CT molecular complexity index is 4440. The third kappa shape index (κ3) is 49.9. The number of aliphatic hydroxyl groups is 1. The third-order valence-electron chi connectivity index (χ3n) is 15.7. The number of halogens is 9. The van der Waals surface area contributed by atoms with E-state index >= 15 is 0 Å². The van der Waals surface area contributed by atoms with Crippen molar-refractivity contribution in [3.05, 3.63) is 271 Å². The molecule has 0 saturated heterocycles. The summed E-state index contributed by atoms with van der Waals surface area (Å²) in [5, 5.41) is 26.7. The number of rotatable bonds is 11. The van der Waals surface area contributed by atoms with Crippen LogP contribution in [-0.2, 0) is 68.7 Å². The van der Waals surface area contributed by atoms with Crippen LogP contribution in [0.15, 0.2) is 187 Å². The Morgan fingerprint density at radius 1 is 0.542 bits per heavy atom. The van der Waals surface area contributed by atoms with Crippen LogP contribution in [0.3, 0.4) is 0 Å². The van der Waals surface area contributed by atoms with Gasteiger partial charge in [0.05, 0.1) is 22.9 Å². The Kier molecular flexibility index (Phi) is 56.9. The molecule has 0 fully saturated rings. The van der Waals surface area contributed by atoms with Crippen LogP contribution in [0.4, 0.5) is 0 Å². The number of alkyl halides is 7. The van der Waals surface area contributed by atoms with Gasteiger partial charge in [0.1, 0.15) is 69.3 Å². The molecule has 14 nitrogen and oxygen atoms in total. The smallest absolute Gasteiger partial charge is 1.00 e. The predicted molar refractivity (Wildman–Crippen MR) is 501 cm³/mol. The second kappa shape index (κ2) is 57.4. The average Bonchev–Trinajstić information content (AvgIpc) is 1.65. The number of phenols is 2. The molecule has 4 aliphatic rings. The molecular formula is C91H122BCl9NaO14S2. The summed E-state index contributed by atoms with van der Waals surface area (Å²) in [4.78, 5) is 10.8. The van der Waals surface area contributed by atoms with Crippen LogP contribution >= 0.6 is 103 Å². The topological polar surface area (TPSA) is 205 Å². The molecule has 0 aliphatic carbocycles. The fourth-order valence-electron chi connectivity index (χ4n) is 11.1. The van der Waals surface area contributed by atoms with Gasteiger partial charge in [-0.3, -0.25) is 9.35 Å². The number of ether oxygens (including phenoxy) is 6. The number of fused-ring (bicyclic) bond motifs is 4. The number of aryl methyl sites for hydroxylation is 8. The predicted octanol–water partition coefficient (Wildman–Crippen LogP) is 23.4. The maximum atomic E-state index is 10.8. The van der Waals surface area contributed by atoms with Crippen LogP contribution in [0, 0.1) is 55.4 Å². The molecule has 0 atom stereocenters. The van der Waals surface area contributed by atoms with Gasteiger partial charge >= 0.3 is 29.6 Å². The van der Waals surface area contributed by atoms with Crippen molar-refractivity contribution in [1.82, 2.24) is 0 Å². The first-order chi connectivity index (χ1) is 53.2. The van der Waals surface area contributed by atoms with E-state index in [0.717, 1.165) is 117 Å². The van der Waals surface area contributed by atoms with Crippen LogP contribution < -0.4 is 53.2 Å². The fraction of sp³-hybridized carbons (Fsp3) is 0.396. The SMILES string of the molecule is C.C=C(C)CCl.C=C(C)COc1ccc(C)cc1.C=C(C)Cc1cc(C)ccc1O.COC(Cl)Cl.Cc1cc(C=O)c2c(c1)CC(C)(C)O2.Cc1cc(CCl)c2c(c1)CC(C)(C)O2.Cc1cc(CO)c2c(c1)CC(C)(C)O2.Cc1ccc(O)cc1.Cc1ccc(S(=O)(=O)O)cc1.Cc1ccc2c(c1)CC(C)(C)O2.ClC(Cl)Cl.O=S(Cl)Cl.[2HH].[B].[H-].[Na+]. The van der Waals surface area contributed by atoms with Gasteiger partial charge in [-0.1, -0.05) is 226 Å². The average molecular weight is 1860 g/mol. The Balaban J connectivity index is -0.000000407. The number of allylic oxidation sites excluding steroid dienone is 2. The summed E-state index contributed by atoms with van der Waals surface area (Å²) in [7, 11) is 4.77. The molecule has 0 unspecified atom stereocenters. The van der Waals surface area contributed by atoms with Gasteiger partial charge in [-0.15, -0.1) is 23.2 Å². The van der Waals surface area contributed by atoms with Gasteiger partial charge < -0.3 is 45.2 Å². The third-order valence-corrected chi connectivity index (χ3v) is 17.7. The van der Waals surface area contributed by atoms with E-state index < -0.39 is 28.7 Å². The van der Waals surface area contributed by atoms with Crippen molar-refractivity contribution in [2.24, 2.45) is 0 Å². The maximum Gasteiger partial charge on any atom is 1.00 e. The zero-order chi connectivity index (χ0) is 88.1. The number of hydrogen-bond acceptors (Lipinski definition) is 13. The summed E-state index contributed by atoms with van der Waals surface area (Å²) < 4.78 is 70.8. The van der Waals surface area contributed by atoms with Crippen molar-refractivity contribution < 1.29 is 98.1 Å². The standard InChI is InChI=1S/C12H15ClO.C12H16O2.C12H14O2.3C11H14O.C7H8O3S.C7H8O.C4H7Cl.C2H4Cl2O.CHCl3.CH4.B.Cl2OS.Na.H2.H/c3*1-8-4-9-6-12(2,3)14-11(9)10(5-8)7-13;1-8-4-5-10-9(6-8)7-11(2,3)12-10;1-9(2)8-12-11-6-4-10(3)5-7-11;1-8(2)6-10-7-9(3)4-5-11(10)12;1-6-2-4-7(5-3-6)11(8,9)10;1-6-2-4-7(8)5-3-6;1-4(2)3-5;1-5-2(3)4;2-1(3)4;;;1-4(2)3;;;/h4-5H,6-7H2,1-3H3;4-5,13H,6-7H2,1-3H3;4-5,7H,6H2,1-3H3;4-6H,7H2,1-3H3;4-7H,1,8H2,2-3H3;4-5,7,12H,1,6H2,2-3H3;2-5H,1H3,(H,8,9,10);2-5,8H,1H3;1,3H2,2H3;2H,1H3;1H;1H4;;;;1H;/q;;;;;;;;;;;;;;+1;;-1/i;;;;;;;;;;;;;;;1+1;. The summed E-state index contributed by atoms with van der Waals surface area (Å²) in [6.45, 7) is 50.4. The minimum absolute atomic E-state index is 0. The van der Waals surface area contributed by atoms with E-state index in [1.807, 2.05) is 130 Å². The molecule has 8 aromatic carbocycles. The number of hydrogen-bond donors (Lipinski definition) is 4. The molecule has 0 spiro atoms. The van der Waals surface area contributed by atoms with Gasteiger partial charge in [-0.25, -0.2) is 4.21 Å². The summed E-state index contributed by atoms with van der Waals surface area (Å²) in [5.74, 6) is 6.45. The van der Waals surface area contributed by atoms with Crippen LogP contribution in [0.1, 0.15) is 180 Å². The van der Waals surface area contributed by atoms with Crippen LogP contribution in [0.2, 0.25) is 0 Å². The van der Waals surface area contributed by atoms with Crippen molar-refractivity contribution in [2.75, 3.05) is 19.6 Å². The van der Waals surface area contributed by atoms with E-state index in [2.05, 4.69) is 151 Å². The Morgan fingerprint density at radius 2 is 0.881 bits per heavy atom. The first kappa shape index (κ1) is 117. The molecule has 27 heteroatoms. The Hall–Kier alpha value is -5.10. The molecule has 3 radical (unpaired) electrons. The van der Waals surface area contributed by atoms with Gasteiger partial charge in [0.25, 0.3) is 10.1 Å². The zero-order valence-electron chi connectivity index (χ0n) is 72.2. The summed E-state index contributed by atoms with van der Waals surface area (Å²) in [5.41, 5.74) is 20.9. The summed E-state index contributed by atoms with van der Waals surface area (Å²) in [6.07, 6.45) is 5.44. The number of aromatic hydroxyl groups is 2. The number of aliphatic hydroxyl groups excluding tert-OH is 1. The van der Waals surface area contributed by atoms with Crippen molar-refractivity contribution in [3.63, 3.8) is 0 Å². The molecular weight excluding hydrogens is 1730 g/mol. The maximum absolute atomic E-state index is 10.8. The molecule has 0 aromatic heterocycles. The number of aldehydes is 1. The molecule has 0 bridgehead atoms. The first-order valence-corrected chi connectivity index (χ1v) is 43.8. The molecule has 4 aliphatic heterocycles. The monoisotopic (exact) mass is 1850 g/mol.